The summed E-state index contributed by atoms with van der Waals surface area (Å²) in [4.78, 5) is 15.4. The minimum absolute atomic E-state index is 0.0145. The van der Waals surface area contributed by atoms with Gasteiger partial charge in [-0.25, -0.2) is 0 Å². The van der Waals surface area contributed by atoms with Crippen molar-refractivity contribution in [3.05, 3.63) is 90.0 Å². The molecule has 4 nitrogen and oxygen atoms in total. The Morgan fingerprint density at radius 3 is 2.16 bits per heavy atom. The molecule has 0 saturated carbocycles. The summed E-state index contributed by atoms with van der Waals surface area (Å²) in [7, 11) is 3.27. The summed E-state index contributed by atoms with van der Waals surface area (Å²) in [6, 6.07) is 26.0. The second-order valence-electron chi connectivity index (χ2n) is 7.62. The van der Waals surface area contributed by atoms with Crippen molar-refractivity contribution in [2.24, 2.45) is 0 Å². The van der Waals surface area contributed by atoms with Crippen LogP contribution in [0.15, 0.2) is 78.9 Å². The molecule has 0 fully saturated rings. The van der Waals surface area contributed by atoms with Gasteiger partial charge in [0, 0.05) is 17.5 Å². The van der Waals surface area contributed by atoms with Crippen molar-refractivity contribution in [3.63, 3.8) is 0 Å². The highest BCUT2D eigenvalue weighted by Gasteiger charge is 2.30. The average Bonchev–Trinajstić information content (AvgIpc) is 3.28. The molecule has 0 aliphatic carbocycles. The molecule has 4 aromatic carbocycles. The van der Waals surface area contributed by atoms with Crippen LogP contribution in [0.25, 0.3) is 21.9 Å². The van der Waals surface area contributed by atoms with E-state index in [2.05, 4.69) is 18.2 Å². The van der Waals surface area contributed by atoms with Crippen LogP contribution in [0.4, 0.5) is 5.69 Å². The molecule has 1 amide bonds. The molecule has 1 aliphatic rings. The zero-order valence-corrected chi connectivity index (χ0v) is 17.6. The molecule has 1 heterocycles. The monoisotopic (exact) mass is 409 g/mol. The summed E-state index contributed by atoms with van der Waals surface area (Å²) >= 11 is 0. The van der Waals surface area contributed by atoms with Gasteiger partial charge in [-0.3, -0.25) is 4.79 Å². The zero-order valence-electron chi connectivity index (χ0n) is 17.6. The molecular formula is C27H23NO3. The third-order valence-corrected chi connectivity index (χ3v) is 5.93. The van der Waals surface area contributed by atoms with E-state index in [1.54, 1.807) is 14.2 Å². The second kappa shape index (κ2) is 7.80. The third-order valence-electron chi connectivity index (χ3n) is 5.93. The van der Waals surface area contributed by atoms with Crippen LogP contribution in [-0.2, 0) is 6.42 Å². The first-order valence-electron chi connectivity index (χ1n) is 10.3. The molecule has 4 heteroatoms. The molecule has 1 aliphatic heterocycles. The van der Waals surface area contributed by atoms with Crippen molar-refractivity contribution >= 4 is 22.4 Å². The molecule has 0 N–H and O–H groups in total. The number of carbonyl (C=O) groups is 1. The van der Waals surface area contributed by atoms with Crippen LogP contribution >= 0.6 is 0 Å². The van der Waals surface area contributed by atoms with Crippen LogP contribution in [0, 0.1) is 0 Å². The minimum atomic E-state index is 0.0145. The highest BCUT2D eigenvalue weighted by atomic mass is 16.5. The SMILES string of the molecule is COc1cc2cc(-c3ccccc3)c3c(c2cc1OC)N(C(=O)c1ccccc1)CC3. The van der Waals surface area contributed by atoms with E-state index >= 15 is 0 Å². The van der Waals surface area contributed by atoms with Crippen LogP contribution in [0.1, 0.15) is 15.9 Å². The highest BCUT2D eigenvalue weighted by Crippen LogP contribution is 2.45. The Kier molecular flexibility index (Phi) is 4.83. The molecule has 0 bridgehead atoms. The maximum Gasteiger partial charge on any atom is 0.258 e. The second-order valence-corrected chi connectivity index (χ2v) is 7.62. The van der Waals surface area contributed by atoms with Gasteiger partial charge >= 0.3 is 0 Å². The van der Waals surface area contributed by atoms with E-state index in [0.717, 1.165) is 34.0 Å². The molecule has 31 heavy (non-hydrogen) atoms. The molecule has 0 aromatic heterocycles. The van der Waals surface area contributed by atoms with E-state index in [4.69, 9.17) is 9.47 Å². The van der Waals surface area contributed by atoms with Crippen molar-refractivity contribution in [2.45, 2.75) is 6.42 Å². The van der Waals surface area contributed by atoms with Crippen LogP contribution in [-0.4, -0.2) is 26.7 Å². The lowest BCUT2D eigenvalue weighted by molar-refractivity contribution is 0.0989. The highest BCUT2D eigenvalue weighted by molar-refractivity contribution is 6.14. The number of anilines is 1. The number of ether oxygens (including phenoxy) is 2. The van der Waals surface area contributed by atoms with Crippen molar-refractivity contribution in [2.75, 3.05) is 25.7 Å². The largest absolute Gasteiger partial charge is 0.493 e. The van der Waals surface area contributed by atoms with Crippen LogP contribution in [0.5, 0.6) is 11.5 Å². The predicted molar refractivity (Wildman–Crippen MR) is 124 cm³/mol. The van der Waals surface area contributed by atoms with Gasteiger partial charge in [0.05, 0.1) is 19.9 Å². The molecule has 5 rings (SSSR count). The lowest BCUT2D eigenvalue weighted by Crippen LogP contribution is -2.29. The minimum Gasteiger partial charge on any atom is -0.493 e. The van der Waals surface area contributed by atoms with Crippen molar-refractivity contribution in [1.82, 2.24) is 0 Å². The van der Waals surface area contributed by atoms with Gasteiger partial charge in [-0.2, -0.15) is 0 Å². The molecular weight excluding hydrogens is 386 g/mol. The first-order chi connectivity index (χ1) is 15.2. The smallest absolute Gasteiger partial charge is 0.258 e. The molecule has 0 spiro atoms. The van der Waals surface area contributed by atoms with Gasteiger partial charge in [-0.15, -0.1) is 0 Å². The maximum atomic E-state index is 13.4. The Morgan fingerprint density at radius 2 is 1.48 bits per heavy atom. The Labute approximate surface area is 181 Å². The van der Waals surface area contributed by atoms with Crippen LogP contribution < -0.4 is 14.4 Å². The van der Waals surface area contributed by atoms with Gasteiger partial charge in [0.25, 0.3) is 5.91 Å². The summed E-state index contributed by atoms with van der Waals surface area (Å²) in [6.45, 7) is 0.649. The van der Waals surface area contributed by atoms with E-state index in [1.165, 1.54) is 5.56 Å². The van der Waals surface area contributed by atoms with E-state index < -0.39 is 0 Å². The Morgan fingerprint density at radius 1 is 0.839 bits per heavy atom. The zero-order chi connectivity index (χ0) is 21.4. The van der Waals surface area contributed by atoms with Gasteiger partial charge in [0.15, 0.2) is 11.5 Å². The number of benzene rings is 4. The van der Waals surface area contributed by atoms with Crippen LogP contribution in [0.3, 0.4) is 0 Å². The Bertz CT molecular complexity index is 1270. The quantitative estimate of drug-likeness (QED) is 0.432. The molecule has 154 valence electrons. The Hall–Kier alpha value is -3.79. The molecule has 0 saturated heterocycles. The molecule has 4 aromatic rings. The number of hydrogen-bond donors (Lipinski definition) is 0. The Balaban J connectivity index is 1.78. The average molecular weight is 409 g/mol. The predicted octanol–water partition coefficient (Wildman–Crippen LogP) is 5.73. The number of nitrogens with zero attached hydrogens (tertiary/aromatic N) is 1. The first kappa shape index (κ1) is 19.2. The number of fused-ring (bicyclic) bond motifs is 3. The fourth-order valence-electron chi connectivity index (χ4n) is 4.46. The fourth-order valence-corrected chi connectivity index (χ4v) is 4.46. The van der Waals surface area contributed by atoms with Gasteiger partial charge in [-0.1, -0.05) is 48.5 Å². The summed E-state index contributed by atoms with van der Waals surface area (Å²) in [6.07, 6.45) is 0.808. The maximum absolute atomic E-state index is 13.4. The summed E-state index contributed by atoms with van der Waals surface area (Å²) < 4.78 is 11.1. The van der Waals surface area contributed by atoms with Crippen LogP contribution in [0.2, 0.25) is 0 Å². The molecule has 0 unspecified atom stereocenters. The van der Waals surface area contributed by atoms with Crippen molar-refractivity contribution in [3.8, 4) is 22.6 Å². The molecule has 0 atom stereocenters. The number of methoxy groups -OCH3 is 2. The van der Waals surface area contributed by atoms with Crippen molar-refractivity contribution < 1.29 is 14.3 Å². The van der Waals surface area contributed by atoms with E-state index in [9.17, 15) is 4.79 Å². The normalized spacial score (nSPS) is 12.6. The first-order valence-corrected chi connectivity index (χ1v) is 10.3. The number of carbonyl (C=O) groups excluding carboxylic acids is 1. The lowest BCUT2D eigenvalue weighted by atomic mass is 9.93. The summed E-state index contributed by atoms with van der Waals surface area (Å²) in [5, 5.41) is 2.01. The van der Waals surface area contributed by atoms with E-state index in [-0.39, 0.29) is 5.91 Å². The fraction of sp³-hybridized carbons (Fsp3) is 0.148. The number of hydrogen-bond acceptors (Lipinski definition) is 3. The molecule has 0 radical (unpaired) electrons. The van der Waals surface area contributed by atoms with Gasteiger partial charge < -0.3 is 14.4 Å². The topological polar surface area (TPSA) is 38.8 Å². The third kappa shape index (κ3) is 3.21. The van der Waals surface area contributed by atoms with Gasteiger partial charge in [-0.05, 0) is 58.8 Å². The van der Waals surface area contributed by atoms with Gasteiger partial charge in [0.2, 0.25) is 0 Å². The summed E-state index contributed by atoms with van der Waals surface area (Å²) in [5.74, 6) is 1.34. The van der Waals surface area contributed by atoms with Crippen molar-refractivity contribution in [1.29, 1.82) is 0 Å². The lowest BCUT2D eigenvalue weighted by Gasteiger charge is -2.21. The number of amides is 1. The van der Waals surface area contributed by atoms with Gasteiger partial charge in [0.1, 0.15) is 0 Å². The standard InChI is InChI=1S/C27H23NO3/c1-30-24-16-20-15-22(18-9-5-3-6-10-18)21-13-14-28(26(21)23(20)17-25(24)31-2)27(29)19-11-7-4-8-12-19/h3-12,15-17H,13-14H2,1-2H3. The number of rotatable bonds is 4. The van der Waals surface area contributed by atoms with E-state index in [1.807, 2.05) is 65.6 Å². The summed E-state index contributed by atoms with van der Waals surface area (Å²) in [5.41, 5.74) is 5.14. The van der Waals surface area contributed by atoms with E-state index in [0.29, 0.717) is 23.6 Å².